The highest BCUT2D eigenvalue weighted by Gasteiger charge is 2.19. The SMILES string of the molecule is COc1ccccc1N1CCN(CCCCNC(=O)/C=C/c2ccc([N+](=O)[O-])cc2)CC1.O=C(O)C(=O)O. The maximum atomic E-state index is 11.9. The molecule has 2 aromatic carbocycles. The van der Waals surface area contributed by atoms with Gasteiger partial charge in [0, 0.05) is 50.9 Å². The molecule has 3 rings (SSSR count). The second-order valence-corrected chi connectivity index (χ2v) is 8.29. The monoisotopic (exact) mass is 528 g/mol. The van der Waals surface area contributed by atoms with Crippen LogP contribution in [0.2, 0.25) is 0 Å². The van der Waals surface area contributed by atoms with Crippen LogP contribution < -0.4 is 15.0 Å². The van der Waals surface area contributed by atoms with Crippen molar-refractivity contribution in [2.75, 3.05) is 51.3 Å². The molecule has 1 amide bonds. The topological polar surface area (TPSA) is 163 Å². The summed E-state index contributed by atoms with van der Waals surface area (Å²) in [5.74, 6) is -2.89. The molecule has 12 heteroatoms. The summed E-state index contributed by atoms with van der Waals surface area (Å²) in [5.41, 5.74) is 1.94. The van der Waals surface area contributed by atoms with Crippen molar-refractivity contribution in [3.63, 3.8) is 0 Å². The molecule has 12 nitrogen and oxygen atoms in total. The number of amides is 1. The van der Waals surface area contributed by atoms with Gasteiger partial charge in [0.05, 0.1) is 17.7 Å². The summed E-state index contributed by atoms with van der Waals surface area (Å²) in [4.78, 5) is 45.2. The van der Waals surface area contributed by atoms with Gasteiger partial charge in [-0.2, -0.15) is 0 Å². The number of nitrogens with zero attached hydrogens (tertiary/aromatic N) is 3. The smallest absolute Gasteiger partial charge is 0.414 e. The molecule has 2 aromatic rings. The number of nitro benzene ring substituents is 1. The van der Waals surface area contributed by atoms with Gasteiger partial charge in [0.25, 0.3) is 5.69 Å². The molecular formula is C26H32N4O8. The van der Waals surface area contributed by atoms with Crippen molar-refractivity contribution in [3.8, 4) is 5.75 Å². The standard InChI is InChI=1S/C24H30N4O4.C2H2O4/c1-32-23-7-3-2-6-22(23)27-18-16-26(17-19-27)15-5-4-14-25-24(29)13-10-20-8-11-21(12-9-20)28(30)31;3-1(4)2(5)6/h2-3,6-13H,4-5,14-19H2,1H3,(H,25,29);(H,3,4)(H,5,6)/b13-10+;. The van der Waals surface area contributed by atoms with Crippen molar-refractivity contribution in [1.29, 1.82) is 0 Å². The molecule has 0 radical (unpaired) electrons. The van der Waals surface area contributed by atoms with E-state index in [1.807, 2.05) is 18.2 Å². The number of benzene rings is 2. The summed E-state index contributed by atoms with van der Waals surface area (Å²) in [6.45, 7) is 5.64. The zero-order valence-corrected chi connectivity index (χ0v) is 21.1. The number of hydrogen-bond donors (Lipinski definition) is 3. The zero-order valence-electron chi connectivity index (χ0n) is 21.1. The van der Waals surface area contributed by atoms with Crippen LogP contribution in [-0.4, -0.2) is 84.3 Å². The highest BCUT2D eigenvalue weighted by Crippen LogP contribution is 2.28. The Hall–Kier alpha value is -4.45. The minimum atomic E-state index is -1.82. The van der Waals surface area contributed by atoms with Gasteiger partial charge in [-0.15, -0.1) is 0 Å². The number of carbonyl (C=O) groups excluding carboxylic acids is 1. The minimum absolute atomic E-state index is 0.0350. The summed E-state index contributed by atoms with van der Waals surface area (Å²) in [7, 11) is 1.71. The van der Waals surface area contributed by atoms with Crippen LogP contribution in [0.15, 0.2) is 54.6 Å². The van der Waals surface area contributed by atoms with Crippen molar-refractivity contribution in [3.05, 3.63) is 70.3 Å². The normalized spacial score (nSPS) is 13.3. The van der Waals surface area contributed by atoms with Gasteiger partial charge < -0.3 is 25.2 Å². The van der Waals surface area contributed by atoms with Crippen molar-refractivity contribution < 1.29 is 34.3 Å². The fourth-order valence-corrected chi connectivity index (χ4v) is 3.71. The molecule has 1 aliphatic heterocycles. The van der Waals surface area contributed by atoms with Gasteiger partial charge in [-0.3, -0.25) is 19.8 Å². The lowest BCUT2D eigenvalue weighted by Gasteiger charge is -2.36. The number of nitrogens with one attached hydrogen (secondary N) is 1. The zero-order chi connectivity index (χ0) is 27.9. The number of para-hydroxylation sites is 2. The fourth-order valence-electron chi connectivity index (χ4n) is 3.71. The van der Waals surface area contributed by atoms with Gasteiger partial charge in [-0.1, -0.05) is 12.1 Å². The van der Waals surface area contributed by atoms with E-state index in [1.54, 1.807) is 25.3 Å². The number of anilines is 1. The van der Waals surface area contributed by atoms with Crippen molar-refractivity contribution in [1.82, 2.24) is 10.2 Å². The maximum Gasteiger partial charge on any atom is 0.414 e. The van der Waals surface area contributed by atoms with Crippen LogP contribution in [0.3, 0.4) is 0 Å². The third-order valence-electron chi connectivity index (χ3n) is 5.71. The van der Waals surface area contributed by atoms with Gasteiger partial charge in [-0.25, -0.2) is 9.59 Å². The number of carboxylic acids is 2. The summed E-state index contributed by atoms with van der Waals surface area (Å²) in [6.07, 6.45) is 5.06. The largest absolute Gasteiger partial charge is 0.495 e. The minimum Gasteiger partial charge on any atom is -0.495 e. The summed E-state index contributed by atoms with van der Waals surface area (Å²) in [5, 5.41) is 28.3. The number of ether oxygens (including phenoxy) is 1. The summed E-state index contributed by atoms with van der Waals surface area (Å²) < 4.78 is 5.47. The van der Waals surface area contributed by atoms with E-state index in [9.17, 15) is 14.9 Å². The third kappa shape index (κ3) is 10.3. The molecular weight excluding hydrogens is 496 g/mol. The molecule has 3 N–H and O–H groups in total. The molecule has 0 unspecified atom stereocenters. The Bertz CT molecular complexity index is 1100. The molecule has 0 spiro atoms. The number of carboxylic acid groups (broad SMARTS) is 2. The fraction of sp³-hybridized carbons (Fsp3) is 0.346. The molecule has 1 aliphatic rings. The Labute approximate surface area is 220 Å². The van der Waals surface area contributed by atoms with E-state index in [0.29, 0.717) is 6.54 Å². The highest BCUT2D eigenvalue weighted by molar-refractivity contribution is 6.27. The van der Waals surface area contributed by atoms with Crippen LogP contribution >= 0.6 is 0 Å². The number of aliphatic carboxylic acids is 2. The molecule has 1 heterocycles. The van der Waals surface area contributed by atoms with Crippen LogP contribution in [0, 0.1) is 10.1 Å². The average molecular weight is 529 g/mol. The first-order valence-corrected chi connectivity index (χ1v) is 12.0. The van der Waals surface area contributed by atoms with Crippen LogP contribution in [0.25, 0.3) is 6.08 Å². The Morgan fingerprint density at radius 2 is 1.63 bits per heavy atom. The molecule has 0 bridgehead atoms. The molecule has 0 aromatic heterocycles. The number of nitro groups is 1. The van der Waals surface area contributed by atoms with Crippen LogP contribution in [0.4, 0.5) is 11.4 Å². The predicted octanol–water partition coefficient (Wildman–Crippen LogP) is 2.49. The number of hydrogen-bond acceptors (Lipinski definition) is 8. The third-order valence-corrected chi connectivity index (χ3v) is 5.71. The second kappa shape index (κ2) is 15.6. The Morgan fingerprint density at radius 3 is 2.21 bits per heavy atom. The summed E-state index contributed by atoms with van der Waals surface area (Å²) in [6, 6.07) is 14.2. The van der Waals surface area contributed by atoms with E-state index in [-0.39, 0.29) is 11.6 Å². The van der Waals surface area contributed by atoms with Crippen molar-refractivity contribution >= 4 is 35.3 Å². The van der Waals surface area contributed by atoms with E-state index < -0.39 is 16.9 Å². The second-order valence-electron chi connectivity index (χ2n) is 8.29. The molecule has 0 atom stereocenters. The number of carbonyl (C=O) groups is 3. The van der Waals surface area contributed by atoms with E-state index in [1.165, 1.54) is 18.2 Å². The van der Waals surface area contributed by atoms with Gasteiger partial charge in [-0.05, 0) is 55.3 Å². The Morgan fingerprint density at radius 1 is 1.00 bits per heavy atom. The van der Waals surface area contributed by atoms with Gasteiger partial charge in [0.2, 0.25) is 5.91 Å². The van der Waals surface area contributed by atoms with Gasteiger partial charge >= 0.3 is 11.9 Å². The number of non-ortho nitro benzene ring substituents is 1. The van der Waals surface area contributed by atoms with Gasteiger partial charge in [0.15, 0.2) is 0 Å². The van der Waals surface area contributed by atoms with E-state index in [4.69, 9.17) is 24.5 Å². The lowest BCUT2D eigenvalue weighted by atomic mass is 10.2. The maximum absolute atomic E-state index is 11.9. The van der Waals surface area contributed by atoms with Crippen LogP contribution in [0.5, 0.6) is 5.75 Å². The van der Waals surface area contributed by atoms with E-state index in [2.05, 4.69) is 21.2 Å². The van der Waals surface area contributed by atoms with E-state index >= 15 is 0 Å². The predicted molar refractivity (Wildman–Crippen MR) is 141 cm³/mol. The van der Waals surface area contributed by atoms with Crippen molar-refractivity contribution in [2.45, 2.75) is 12.8 Å². The van der Waals surface area contributed by atoms with Crippen molar-refractivity contribution in [2.24, 2.45) is 0 Å². The first kappa shape index (κ1) is 29.8. The average Bonchev–Trinajstić information content (AvgIpc) is 2.92. The number of rotatable bonds is 10. The molecule has 204 valence electrons. The lowest BCUT2D eigenvalue weighted by molar-refractivity contribution is -0.384. The number of methoxy groups -OCH3 is 1. The van der Waals surface area contributed by atoms with Gasteiger partial charge in [0.1, 0.15) is 5.75 Å². The first-order valence-electron chi connectivity index (χ1n) is 12.0. The Balaban J connectivity index is 0.000000757. The molecule has 0 saturated carbocycles. The molecule has 38 heavy (non-hydrogen) atoms. The first-order chi connectivity index (χ1) is 18.2. The number of piperazine rings is 1. The molecule has 1 saturated heterocycles. The quantitative estimate of drug-likeness (QED) is 0.137. The summed E-state index contributed by atoms with van der Waals surface area (Å²) >= 11 is 0. The highest BCUT2D eigenvalue weighted by atomic mass is 16.6. The molecule has 1 fully saturated rings. The molecule has 0 aliphatic carbocycles. The Kier molecular flexibility index (Phi) is 12.2. The van der Waals surface area contributed by atoms with Crippen LogP contribution in [-0.2, 0) is 14.4 Å². The van der Waals surface area contributed by atoms with E-state index in [0.717, 1.165) is 62.6 Å². The number of unbranched alkanes of at least 4 members (excludes halogenated alkanes) is 1. The lowest BCUT2D eigenvalue weighted by Crippen LogP contribution is -2.46. The van der Waals surface area contributed by atoms with Crippen LogP contribution in [0.1, 0.15) is 18.4 Å².